The highest BCUT2D eigenvalue weighted by molar-refractivity contribution is 7.92. The minimum Gasteiger partial charge on any atom is -0.266 e. The van der Waals surface area contributed by atoms with Crippen molar-refractivity contribution in [1.29, 1.82) is 0 Å². The largest absolute Gasteiger partial charge is 0.416 e. The van der Waals surface area contributed by atoms with Gasteiger partial charge in [0, 0.05) is 12.4 Å². The number of anilines is 1. The second-order valence-corrected chi connectivity index (χ2v) is 8.58. The summed E-state index contributed by atoms with van der Waals surface area (Å²) in [5.41, 5.74) is 1.18. The molecule has 1 heterocycles. The number of alkyl halides is 3. The predicted molar refractivity (Wildman–Crippen MR) is 107 cm³/mol. The molecule has 0 N–H and O–H groups in total. The van der Waals surface area contributed by atoms with E-state index >= 15 is 0 Å². The maximum atomic E-state index is 13.0. The molecule has 2 aromatic carbocycles. The molecule has 8 heteroatoms. The van der Waals surface area contributed by atoms with Gasteiger partial charge < -0.3 is 0 Å². The average Bonchev–Trinajstić information content (AvgIpc) is 2.72. The molecule has 0 saturated carbocycles. The van der Waals surface area contributed by atoms with Crippen LogP contribution in [0.5, 0.6) is 0 Å². The summed E-state index contributed by atoms with van der Waals surface area (Å²) in [4.78, 5) is 4.01. The third kappa shape index (κ3) is 4.95. The zero-order valence-electron chi connectivity index (χ0n) is 15.6. The average molecular weight is 420 g/mol. The van der Waals surface area contributed by atoms with E-state index in [0.717, 1.165) is 12.1 Å². The van der Waals surface area contributed by atoms with Crippen molar-refractivity contribution in [2.24, 2.45) is 0 Å². The first-order chi connectivity index (χ1) is 13.7. The van der Waals surface area contributed by atoms with Crippen molar-refractivity contribution in [3.8, 4) is 11.1 Å². The standard InChI is InChI=1S/C21H19F3N2O2S/c1-2-29(27,28)26(15-16-6-5-11-25-14-16)20-10-4-8-18(13-20)17-7-3-9-19(12-17)21(22,23)24/h3-14H,2,15H2,1H3. The van der Waals surface area contributed by atoms with E-state index in [-0.39, 0.29) is 12.3 Å². The Labute approximate surface area is 167 Å². The molecule has 3 rings (SSSR count). The van der Waals surface area contributed by atoms with Gasteiger partial charge in [0.05, 0.1) is 23.5 Å². The van der Waals surface area contributed by atoms with E-state index in [9.17, 15) is 21.6 Å². The lowest BCUT2D eigenvalue weighted by Gasteiger charge is -2.24. The Morgan fingerprint density at radius 1 is 0.966 bits per heavy atom. The molecule has 3 aromatic rings. The number of sulfonamides is 1. The molecule has 152 valence electrons. The van der Waals surface area contributed by atoms with Gasteiger partial charge in [-0.25, -0.2) is 8.42 Å². The molecule has 0 fully saturated rings. The smallest absolute Gasteiger partial charge is 0.266 e. The summed E-state index contributed by atoms with van der Waals surface area (Å²) in [6.45, 7) is 1.62. The highest BCUT2D eigenvalue weighted by atomic mass is 32.2. The quantitative estimate of drug-likeness (QED) is 0.556. The number of benzene rings is 2. The van der Waals surface area contributed by atoms with Crippen LogP contribution in [0.3, 0.4) is 0 Å². The summed E-state index contributed by atoms with van der Waals surface area (Å²) < 4.78 is 65.8. The van der Waals surface area contributed by atoms with Gasteiger partial charge >= 0.3 is 6.18 Å². The summed E-state index contributed by atoms with van der Waals surface area (Å²) in [6, 6.07) is 14.9. The number of halogens is 3. The van der Waals surface area contributed by atoms with Crippen LogP contribution in [0.25, 0.3) is 11.1 Å². The van der Waals surface area contributed by atoms with E-state index in [4.69, 9.17) is 0 Å². The van der Waals surface area contributed by atoms with Crippen LogP contribution in [0, 0.1) is 0 Å². The summed E-state index contributed by atoms with van der Waals surface area (Å²) in [7, 11) is -3.62. The van der Waals surface area contributed by atoms with Gasteiger partial charge in [0.15, 0.2) is 0 Å². The van der Waals surface area contributed by atoms with Crippen LogP contribution in [0.4, 0.5) is 18.9 Å². The van der Waals surface area contributed by atoms with E-state index in [1.165, 1.54) is 10.4 Å². The summed E-state index contributed by atoms with van der Waals surface area (Å²) in [5, 5.41) is 0. The lowest BCUT2D eigenvalue weighted by atomic mass is 10.0. The normalized spacial score (nSPS) is 12.0. The molecule has 0 atom stereocenters. The molecule has 1 aromatic heterocycles. The molecular weight excluding hydrogens is 401 g/mol. The third-order valence-corrected chi connectivity index (χ3v) is 6.15. The topological polar surface area (TPSA) is 50.3 Å². The van der Waals surface area contributed by atoms with Gasteiger partial charge in [-0.15, -0.1) is 0 Å². The molecule has 0 spiro atoms. The highest BCUT2D eigenvalue weighted by Crippen LogP contribution is 2.33. The Hall–Kier alpha value is -2.87. The van der Waals surface area contributed by atoms with Gasteiger partial charge in [-0.3, -0.25) is 9.29 Å². The first kappa shape index (κ1) is 20.9. The zero-order chi connectivity index (χ0) is 21.1. The first-order valence-corrected chi connectivity index (χ1v) is 10.5. The fraction of sp³-hybridized carbons (Fsp3) is 0.190. The van der Waals surface area contributed by atoms with Crippen molar-refractivity contribution in [3.05, 3.63) is 84.2 Å². The van der Waals surface area contributed by atoms with Crippen molar-refractivity contribution in [2.45, 2.75) is 19.6 Å². The minimum absolute atomic E-state index is 0.0794. The van der Waals surface area contributed by atoms with E-state index in [0.29, 0.717) is 22.4 Å². The Morgan fingerprint density at radius 3 is 2.28 bits per heavy atom. The minimum atomic E-state index is -4.45. The predicted octanol–water partition coefficient (Wildman–Crippen LogP) is 5.12. The van der Waals surface area contributed by atoms with E-state index in [2.05, 4.69) is 4.98 Å². The highest BCUT2D eigenvalue weighted by Gasteiger charge is 2.30. The summed E-state index contributed by atoms with van der Waals surface area (Å²) in [5.74, 6) is -0.110. The molecule has 0 aliphatic rings. The molecule has 0 aliphatic carbocycles. The number of rotatable bonds is 6. The zero-order valence-corrected chi connectivity index (χ0v) is 16.4. The SMILES string of the molecule is CCS(=O)(=O)N(Cc1cccnc1)c1cccc(-c2cccc(C(F)(F)F)c2)c1. The molecule has 29 heavy (non-hydrogen) atoms. The molecule has 0 amide bonds. The van der Waals surface area contributed by atoms with Gasteiger partial charge in [-0.1, -0.05) is 30.3 Å². The van der Waals surface area contributed by atoms with Gasteiger partial charge in [0.1, 0.15) is 0 Å². The van der Waals surface area contributed by atoms with Crippen molar-refractivity contribution in [3.63, 3.8) is 0 Å². The monoisotopic (exact) mass is 420 g/mol. The number of hydrogen-bond acceptors (Lipinski definition) is 3. The van der Waals surface area contributed by atoms with Gasteiger partial charge in [0.25, 0.3) is 0 Å². The molecule has 0 unspecified atom stereocenters. The van der Waals surface area contributed by atoms with Crippen LogP contribution < -0.4 is 4.31 Å². The van der Waals surface area contributed by atoms with Crippen molar-refractivity contribution < 1.29 is 21.6 Å². The van der Waals surface area contributed by atoms with E-state index in [1.807, 2.05) is 0 Å². The van der Waals surface area contributed by atoms with Crippen LogP contribution in [0.1, 0.15) is 18.1 Å². The number of aromatic nitrogens is 1. The Morgan fingerprint density at radius 2 is 1.66 bits per heavy atom. The number of hydrogen-bond donors (Lipinski definition) is 0. The summed E-state index contributed by atoms with van der Waals surface area (Å²) in [6.07, 6.45) is -1.28. The Bertz CT molecular complexity index is 1080. The van der Waals surface area contributed by atoms with Crippen LogP contribution in [-0.4, -0.2) is 19.2 Å². The first-order valence-electron chi connectivity index (χ1n) is 8.88. The Balaban J connectivity index is 2.03. The maximum Gasteiger partial charge on any atom is 0.416 e. The molecular formula is C21H19F3N2O2S. The maximum absolute atomic E-state index is 13.0. The molecule has 4 nitrogen and oxygen atoms in total. The van der Waals surface area contributed by atoms with Crippen LogP contribution in [0.2, 0.25) is 0 Å². The molecule has 0 aliphatic heterocycles. The molecule has 0 radical (unpaired) electrons. The van der Waals surface area contributed by atoms with Crippen molar-refractivity contribution in [2.75, 3.05) is 10.1 Å². The fourth-order valence-corrected chi connectivity index (χ4v) is 3.97. The van der Waals surface area contributed by atoms with Gasteiger partial charge in [0.2, 0.25) is 10.0 Å². The second kappa shape index (κ2) is 8.24. The van der Waals surface area contributed by atoms with Gasteiger partial charge in [-0.05, 0) is 53.9 Å². The van der Waals surface area contributed by atoms with Gasteiger partial charge in [-0.2, -0.15) is 13.2 Å². The Kier molecular flexibility index (Phi) is 5.93. The van der Waals surface area contributed by atoms with Crippen LogP contribution in [0.15, 0.2) is 73.1 Å². The lowest BCUT2D eigenvalue weighted by Crippen LogP contribution is -2.31. The lowest BCUT2D eigenvalue weighted by molar-refractivity contribution is -0.137. The molecule has 0 saturated heterocycles. The number of pyridine rings is 1. The second-order valence-electron chi connectivity index (χ2n) is 6.40. The van der Waals surface area contributed by atoms with E-state index in [1.54, 1.807) is 61.8 Å². The number of nitrogens with zero attached hydrogens (tertiary/aromatic N) is 2. The van der Waals surface area contributed by atoms with Crippen molar-refractivity contribution in [1.82, 2.24) is 4.98 Å². The van der Waals surface area contributed by atoms with Crippen molar-refractivity contribution >= 4 is 15.7 Å². The van der Waals surface area contributed by atoms with Crippen LogP contribution >= 0.6 is 0 Å². The van der Waals surface area contributed by atoms with E-state index < -0.39 is 21.8 Å². The fourth-order valence-electron chi connectivity index (χ4n) is 2.88. The van der Waals surface area contributed by atoms with Crippen LogP contribution in [-0.2, 0) is 22.7 Å². The summed E-state index contributed by atoms with van der Waals surface area (Å²) >= 11 is 0. The third-order valence-electron chi connectivity index (χ3n) is 4.41. The molecule has 0 bridgehead atoms.